The number of rotatable bonds is 2. The van der Waals surface area contributed by atoms with Crippen LogP contribution in [0.2, 0.25) is 5.02 Å². The van der Waals surface area contributed by atoms with Crippen LogP contribution in [-0.4, -0.2) is 27.7 Å². The molecule has 2 aliphatic heterocycles. The van der Waals surface area contributed by atoms with Crippen LogP contribution in [0.4, 0.5) is 11.5 Å². The molecule has 1 amide bonds. The van der Waals surface area contributed by atoms with E-state index in [1.54, 1.807) is 11.9 Å². The van der Waals surface area contributed by atoms with E-state index in [1.807, 2.05) is 90.5 Å². The molecule has 7 nitrogen and oxygen atoms in total. The van der Waals surface area contributed by atoms with Gasteiger partial charge in [-0.15, -0.1) is 0 Å². The van der Waals surface area contributed by atoms with Gasteiger partial charge in [0.05, 0.1) is 22.5 Å². The predicted octanol–water partition coefficient (Wildman–Crippen LogP) is 5.39. The van der Waals surface area contributed by atoms with E-state index in [2.05, 4.69) is 10.6 Å². The van der Waals surface area contributed by atoms with Crippen molar-refractivity contribution in [1.82, 2.24) is 20.1 Å². The Balaban J connectivity index is 1.51. The average Bonchev–Trinajstić information content (AvgIpc) is 3.36. The number of nitrogens with one attached hydrogen (secondary N) is 2. The fourth-order valence-corrected chi connectivity index (χ4v) is 5.73. The highest BCUT2D eigenvalue weighted by molar-refractivity contribution is 6.30. The molecule has 0 bridgehead atoms. The summed E-state index contributed by atoms with van der Waals surface area (Å²) in [6.07, 6.45) is 0. The molecule has 1 spiro atoms. The molecule has 37 heavy (non-hydrogen) atoms. The van der Waals surface area contributed by atoms with E-state index in [4.69, 9.17) is 21.7 Å². The summed E-state index contributed by atoms with van der Waals surface area (Å²) in [5.41, 5.74) is 6.21. The van der Waals surface area contributed by atoms with E-state index in [-0.39, 0.29) is 5.91 Å². The van der Waals surface area contributed by atoms with Gasteiger partial charge in [0.25, 0.3) is 5.91 Å². The van der Waals surface area contributed by atoms with E-state index in [0.717, 1.165) is 50.4 Å². The third-order valence-corrected chi connectivity index (χ3v) is 7.61. The van der Waals surface area contributed by atoms with Crippen molar-refractivity contribution in [3.63, 3.8) is 0 Å². The van der Waals surface area contributed by atoms with Crippen LogP contribution >= 0.6 is 11.6 Å². The van der Waals surface area contributed by atoms with Crippen LogP contribution in [0.15, 0.2) is 78.9 Å². The quantitative estimate of drug-likeness (QED) is 0.335. The zero-order valence-electron chi connectivity index (χ0n) is 20.3. The first-order valence-electron chi connectivity index (χ1n) is 12.1. The number of likely N-dealkylation sites (N-methyl/N-ethyl adjacent to an activating group) is 1. The smallest absolute Gasteiger partial charge is 0.272 e. The lowest BCUT2D eigenvalue weighted by Crippen LogP contribution is -2.57. The molecule has 182 valence electrons. The molecule has 8 heteroatoms. The second-order valence-corrected chi connectivity index (χ2v) is 9.90. The number of anilines is 2. The molecule has 2 N–H and O–H groups in total. The largest absolute Gasteiger partial charge is 0.340 e. The molecule has 1 atom stereocenters. The van der Waals surface area contributed by atoms with Crippen LogP contribution in [0, 0.1) is 6.92 Å². The lowest BCUT2D eigenvalue weighted by atomic mass is 9.92. The van der Waals surface area contributed by atoms with Crippen LogP contribution < -0.4 is 15.5 Å². The summed E-state index contributed by atoms with van der Waals surface area (Å²) in [6.45, 7) is 2.46. The maximum atomic E-state index is 13.6. The second kappa shape index (κ2) is 7.90. The minimum Gasteiger partial charge on any atom is -0.340 e. The monoisotopic (exact) mass is 506 g/mol. The Hall–Kier alpha value is -4.20. The molecule has 7 rings (SSSR count). The predicted molar refractivity (Wildman–Crippen MR) is 146 cm³/mol. The number of aromatic nitrogens is 3. The van der Waals surface area contributed by atoms with Crippen molar-refractivity contribution in [2.24, 2.45) is 0 Å². The lowest BCUT2D eigenvalue weighted by molar-refractivity contribution is -0.123. The fourth-order valence-electron chi connectivity index (χ4n) is 5.61. The first kappa shape index (κ1) is 22.0. The van der Waals surface area contributed by atoms with E-state index >= 15 is 0 Å². The molecule has 2 aliphatic rings. The van der Waals surface area contributed by atoms with Gasteiger partial charge < -0.3 is 10.2 Å². The topological polar surface area (TPSA) is 75.1 Å². The number of amides is 1. The van der Waals surface area contributed by atoms with Crippen molar-refractivity contribution in [2.45, 2.75) is 19.1 Å². The van der Waals surface area contributed by atoms with Crippen molar-refractivity contribution in [3.05, 3.63) is 101 Å². The second-order valence-electron chi connectivity index (χ2n) is 9.46. The third kappa shape index (κ3) is 3.08. The Morgan fingerprint density at radius 3 is 2.49 bits per heavy atom. The molecule has 4 heterocycles. The first-order valence-corrected chi connectivity index (χ1v) is 12.5. The van der Waals surface area contributed by atoms with Crippen LogP contribution in [-0.2, 0) is 17.0 Å². The number of para-hydroxylation sites is 2. The van der Waals surface area contributed by atoms with Gasteiger partial charge in [0.2, 0.25) is 0 Å². The van der Waals surface area contributed by atoms with Gasteiger partial charge >= 0.3 is 0 Å². The minimum absolute atomic E-state index is 0.0676. The van der Waals surface area contributed by atoms with Crippen LogP contribution in [0.5, 0.6) is 0 Å². The van der Waals surface area contributed by atoms with Gasteiger partial charge in [-0.05, 0) is 42.8 Å². The Bertz CT molecular complexity index is 1710. The molecule has 3 aromatic carbocycles. The minimum atomic E-state index is -1.09. The van der Waals surface area contributed by atoms with Gasteiger partial charge in [0, 0.05) is 35.3 Å². The number of pyridine rings is 1. The molecule has 0 saturated heterocycles. The van der Waals surface area contributed by atoms with Crippen molar-refractivity contribution in [1.29, 1.82) is 0 Å². The molecule has 0 fully saturated rings. The molecular weight excluding hydrogens is 484 g/mol. The summed E-state index contributed by atoms with van der Waals surface area (Å²) in [6, 6.07) is 25.6. The Morgan fingerprint density at radius 1 is 0.973 bits per heavy atom. The third-order valence-electron chi connectivity index (χ3n) is 7.36. The van der Waals surface area contributed by atoms with Gasteiger partial charge in [-0.25, -0.2) is 9.67 Å². The van der Waals surface area contributed by atoms with Crippen molar-refractivity contribution in [2.75, 3.05) is 17.3 Å². The van der Waals surface area contributed by atoms with Crippen molar-refractivity contribution in [3.8, 4) is 16.8 Å². The normalized spacial score (nSPS) is 18.2. The van der Waals surface area contributed by atoms with Crippen LogP contribution in [0.25, 0.3) is 27.8 Å². The summed E-state index contributed by atoms with van der Waals surface area (Å²) < 4.78 is 1.87. The molecule has 5 aromatic rings. The molecule has 0 aliphatic carbocycles. The number of benzene rings is 3. The SMILES string of the molecule is Cc1nn(-c2ccccc2)c2nc3c(c(-c4ccc(Cl)cc4)c12)CNC1(N3)C(=O)N(C)c2ccccc21. The van der Waals surface area contributed by atoms with E-state index in [0.29, 0.717) is 17.4 Å². The standard InChI is InChI=1S/C29H23ClN6O/c1-17-24-25(18-12-14-19(30)15-13-18)21-16-31-29(22-10-6-7-11-23(22)35(2)28(29)37)33-26(21)32-27(24)36(34-17)20-8-4-3-5-9-20/h3-15,31H,16H2,1-2H3,(H,32,33). The average molecular weight is 507 g/mol. The number of fused-ring (bicyclic) bond motifs is 4. The van der Waals surface area contributed by atoms with Gasteiger partial charge in [-0.3, -0.25) is 10.1 Å². The van der Waals surface area contributed by atoms with Gasteiger partial charge in [0.1, 0.15) is 5.82 Å². The molecule has 0 radical (unpaired) electrons. The number of carbonyl (C=O) groups is 1. The zero-order chi connectivity index (χ0) is 25.3. The molecular formula is C29H23ClN6O. The van der Waals surface area contributed by atoms with E-state index < -0.39 is 5.66 Å². The van der Waals surface area contributed by atoms with Crippen molar-refractivity contribution >= 4 is 40.0 Å². The van der Waals surface area contributed by atoms with Gasteiger partial charge in [0.15, 0.2) is 11.3 Å². The number of halogens is 1. The Kier molecular flexibility index (Phi) is 4.70. The van der Waals surface area contributed by atoms with Crippen molar-refractivity contribution < 1.29 is 4.79 Å². The lowest BCUT2D eigenvalue weighted by Gasteiger charge is -2.37. The van der Waals surface area contributed by atoms with Crippen LogP contribution in [0.3, 0.4) is 0 Å². The summed E-state index contributed by atoms with van der Waals surface area (Å²) >= 11 is 6.24. The summed E-state index contributed by atoms with van der Waals surface area (Å²) in [7, 11) is 1.80. The Morgan fingerprint density at radius 2 is 1.70 bits per heavy atom. The Labute approximate surface area is 218 Å². The van der Waals surface area contributed by atoms with E-state index in [1.165, 1.54) is 0 Å². The molecule has 0 saturated carbocycles. The van der Waals surface area contributed by atoms with Crippen LogP contribution in [0.1, 0.15) is 16.8 Å². The molecule has 2 aromatic heterocycles. The maximum Gasteiger partial charge on any atom is 0.272 e. The van der Waals surface area contributed by atoms with E-state index in [9.17, 15) is 4.79 Å². The summed E-state index contributed by atoms with van der Waals surface area (Å²) in [4.78, 5) is 20.5. The highest BCUT2D eigenvalue weighted by Gasteiger charge is 2.52. The number of aryl methyl sites for hydroxylation is 1. The highest BCUT2D eigenvalue weighted by atomic mass is 35.5. The number of hydrogen-bond acceptors (Lipinski definition) is 5. The maximum absolute atomic E-state index is 13.6. The summed E-state index contributed by atoms with van der Waals surface area (Å²) in [5, 5.41) is 13.6. The highest BCUT2D eigenvalue weighted by Crippen LogP contribution is 2.46. The summed E-state index contributed by atoms with van der Waals surface area (Å²) in [5.74, 6) is 0.591. The molecule has 1 unspecified atom stereocenters. The number of nitrogens with zero attached hydrogens (tertiary/aromatic N) is 4. The number of carbonyl (C=O) groups excluding carboxylic acids is 1. The van der Waals surface area contributed by atoms with Gasteiger partial charge in [-0.2, -0.15) is 5.10 Å². The fraction of sp³-hybridized carbons (Fsp3) is 0.138. The van der Waals surface area contributed by atoms with Gasteiger partial charge in [-0.1, -0.05) is 60.1 Å². The zero-order valence-corrected chi connectivity index (χ0v) is 21.0. The number of hydrogen-bond donors (Lipinski definition) is 2. The first-order chi connectivity index (χ1) is 18.0.